The lowest BCUT2D eigenvalue weighted by Gasteiger charge is -2.10. The summed E-state index contributed by atoms with van der Waals surface area (Å²) in [5, 5.41) is 9.28. The van der Waals surface area contributed by atoms with E-state index in [2.05, 4.69) is 10.2 Å². The van der Waals surface area contributed by atoms with Crippen LogP contribution in [-0.4, -0.2) is 39.9 Å². The molecule has 8 nitrogen and oxygen atoms in total. The van der Waals surface area contributed by atoms with Gasteiger partial charge < -0.3 is 15.2 Å². The van der Waals surface area contributed by atoms with Gasteiger partial charge in [0.25, 0.3) is 0 Å². The summed E-state index contributed by atoms with van der Waals surface area (Å²) in [6.07, 6.45) is 0. The van der Waals surface area contributed by atoms with Crippen LogP contribution in [0.25, 0.3) is 5.69 Å². The first-order valence-electron chi connectivity index (χ1n) is 9.33. The first-order chi connectivity index (χ1) is 14.5. The molecular weight excluding hydrogens is 424 g/mol. The lowest BCUT2D eigenvalue weighted by atomic mass is 10.1. The fraction of sp³-hybridized carbons (Fsp3) is 0.300. The minimum atomic E-state index is -0.557. The molecule has 30 heavy (non-hydrogen) atoms. The van der Waals surface area contributed by atoms with Gasteiger partial charge in [-0.2, -0.15) is 0 Å². The SMILES string of the molecule is CCOC(=O)c1sc(N)c(C(=O)OCC)c1CSc1nnc(C)n1-c1ccccc1. The Morgan fingerprint density at radius 2 is 1.77 bits per heavy atom. The van der Waals surface area contributed by atoms with E-state index < -0.39 is 11.9 Å². The number of ether oxygens (including phenoxy) is 2. The summed E-state index contributed by atoms with van der Waals surface area (Å²) in [6.45, 7) is 5.73. The number of nitrogen functional groups attached to an aromatic ring is 1. The monoisotopic (exact) mass is 446 g/mol. The number of carbonyl (C=O) groups excluding carboxylic acids is 2. The Balaban J connectivity index is 1.97. The smallest absolute Gasteiger partial charge is 0.348 e. The molecule has 0 spiro atoms. The fourth-order valence-electron chi connectivity index (χ4n) is 2.86. The van der Waals surface area contributed by atoms with Crippen LogP contribution in [0.5, 0.6) is 0 Å². The summed E-state index contributed by atoms with van der Waals surface area (Å²) >= 11 is 2.38. The molecule has 2 N–H and O–H groups in total. The Kier molecular flexibility index (Phi) is 7.11. The van der Waals surface area contributed by atoms with Crippen molar-refractivity contribution in [2.45, 2.75) is 31.7 Å². The predicted molar refractivity (Wildman–Crippen MR) is 116 cm³/mol. The first kappa shape index (κ1) is 21.8. The molecule has 0 amide bonds. The molecule has 1 aromatic carbocycles. The molecule has 0 bridgehead atoms. The van der Waals surface area contributed by atoms with Gasteiger partial charge in [-0.05, 0) is 32.9 Å². The van der Waals surface area contributed by atoms with Crippen molar-refractivity contribution >= 4 is 40.0 Å². The van der Waals surface area contributed by atoms with Crippen LogP contribution in [0.15, 0.2) is 35.5 Å². The Morgan fingerprint density at radius 1 is 1.10 bits per heavy atom. The van der Waals surface area contributed by atoms with Crippen LogP contribution in [0.2, 0.25) is 0 Å². The van der Waals surface area contributed by atoms with Gasteiger partial charge in [-0.3, -0.25) is 4.57 Å². The van der Waals surface area contributed by atoms with Gasteiger partial charge in [-0.1, -0.05) is 30.0 Å². The molecule has 0 aliphatic carbocycles. The summed E-state index contributed by atoms with van der Waals surface area (Å²) in [4.78, 5) is 25.2. The molecule has 0 radical (unpaired) electrons. The lowest BCUT2D eigenvalue weighted by molar-refractivity contribution is 0.0527. The average Bonchev–Trinajstić information content (AvgIpc) is 3.26. The molecule has 0 saturated carbocycles. The van der Waals surface area contributed by atoms with E-state index >= 15 is 0 Å². The number of rotatable bonds is 8. The van der Waals surface area contributed by atoms with E-state index in [1.807, 2.05) is 41.8 Å². The van der Waals surface area contributed by atoms with Crippen molar-refractivity contribution in [3.05, 3.63) is 52.2 Å². The van der Waals surface area contributed by atoms with E-state index in [0.717, 1.165) is 22.8 Å². The standard InChI is InChI=1S/C20H22N4O4S2/c1-4-27-18(25)15-14(16(30-17(15)21)19(26)28-5-2)11-29-20-23-22-12(3)24(20)13-9-7-6-8-10-13/h6-10H,4-5,11,21H2,1-3H3. The molecule has 2 heterocycles. The molecular formula is C20H22N4O4S2. The fourth-order valence-corrected chi connectivity index (χ4v) is 4.95. The molecule has 0 atom stereocenters. The van der Waals surface area contributed by atoms with Crippen LogP contribution < -0.4 is 5.73 Å². The van der Waals surface area contributed by atoms with Crippen LogP contribution in [-0.2, 0) is 15.2 Å². The zero-order valence-corrected chi connectivity index (χ0v) is 18.5. The van der Waals surface area contributed by atoms with Gasteiger partial charge in [0.1, 0.15) is 15.7 Å². The minimum Gasteiger partial charge on any atom is -0.462 e. The van der Waals surface area contributed by atoms with E-state index in [4.69, 9.17) is 15.2 Å². The first-order valence-corrected chi connectivity index (χ1v) is 11.1. The van der Waals surface area contributed by atoms with Crippen LogP contribution in [0.1, 0.15) is 45.3 Å². The van der Waals surface area contributed by atoms with Gasteiger partial charge in [-0.15, -0.1) is 21.5 Å². The minimum absolute atomic E-state index is 0.205. The molecule has 2 aromatic heterocycles. The summed E-state index contributed by atoms with van der Waals surface area (Å²) in [7, 11) is 0. The summed E-state index contributed by atoms with van der Waals surface area (Å²) < 4.78 is 12.2. The molecule has 3 rings (SSSR count). The number of hydrogen-bond acceptors (Lipinski definition) is 9. The molecule has 0 aliphatic heterocycles. The second-order valence-corrected chi connectivity index (χ2v) is 8.07. The molecule has 10 heteroatoms. The van der Waals surface area contributed by atoms with E-state index in [0.29, 0.717) is 15.6 Å². The normalized spacial score (nSPS) is 10.8. The van der Waals surface area contributed by atoms with E-state index in [1.165, 1.54) is 11.8 Å². The summed E-state index contributed by atoms with van der Waals surface area (Å²) in [5.74, 6) is -0.0649. The Hall–Kier alpha value is -2.85. The van der Waals surface area contributed by atoms with Crippen molar-refractivity contribution in [2.24, 2.45) is 0 Å². The predicted octanol–water partition coefficient (Wildman–Crippen LogP) is 3.87. The van der Waals surface area contributed by atoms with Crippen molar-refractivity contribution in [1.82, 2.24) is 14.8 Å². The topological polar surface area (TPSA) is 109 Å². The number of esters is 2. The second-order valence-electron chi connectivity index (χ2n) is 6.08. The van der Waals surface area contributed by atoms with E-state index in [-0.39, 0.29) is 29.5 Å². The molecule has 0 aliphatic rings. The van der Waals surface area contributed by atoms with E-state index in [1.54, 1.807) is 13.8 Å². The van der Waals surface area contributed by atoms with Gasteiger partial charge in [0, 0.05) is 17.0 Å². The number of aryl methyl sites for hydroxylation is 1. The number of nitrogens with two attached hydrogens (primary N) is 1. The molecule has 3 aromatic rings. The third kappa shape index (κ3) is 4.49. The van der Waals surface area contributed by atoms with Crippen molar-refractivity contribution in [3.8, 4) is 5.69 Å². The van der Waals surface area contributed by atoms with Crippen LogP contribution in [0, 0.1) is 6.92 Å². The Morgan fingerprint density at radius 3 is 2.43 bits per heavy atom. The highest BCUT2D eigenvalue weighted by atomic mass is 32.2. The second kappa shape index (κ2) is 9.77. The highest BCUT2D eigenvalue weighted by Gasteiger charge is 2.28. The number of benzene rings is 1. The van der Waals surface area contributed by atoms with Crippen molar-refractivity contribution in [3.63, 3.8) is 0 Å². The lowest BCUT2D eigenvalue weighted by Crippen LogP contribution is -2.11. The summed E-state index contributed by atoms with van der Waals surface area (Å²) in [5.41, 5.74) is 7.68. The largest absolute Gasteiger partial charge is 0.462 e. The third-order valence-electron chi connectivity index (χ3n) is 4.13. The van der Waals surface area contributed by atoms with Crippen molar-refractivity contribution in [1.29, 1.82) is 0 Å². The maximum absolute atomic E-state index is 12.5. The number of thioether (sulfide) groups is 1. The van der Waals surface area contributed by atoms with Crippen LogP contribution >= 0.6 is 23.1 Å². The Bertz CT molecular complexity index is 1050. The molecule has 0 fully saturated rings. The molecule has 0 saturated heterocycles. The van der Waals surface area contributed by atoms with Crippen molar-refractivity contribution < 1.29 is 19.1 Å². The number of nitrogens with zero attached hydrogens (tertiary/aromatic N) is 3. The zero-order valence-electron chi connectivity index (χ0n) is 16.9. The number of anilines is 1. The highest BCUT2D eigenvalue weighted by molar-refractivity contribution is 7.98. The number of para-hydroxylation sites is 1. The van der Waals surface area contributed by atoms with E-state index in [9.17, 15) is 9.59 Å². The Labute approximate surface area is 182 Å². The zero-order chi connectivity index (χ0) is 21.7. The highest BCUT2D eigenvalue weighted by Crippen LogP contribution is 2.36. The van der Waals surface area contributed by atoms with Gasteiger partial charge in [0.2, 0.25) is 0 Å². The average molecular weight is 447 g/mol. The van der Waals surface area contributed by atoms with Crippen LogP contribution in [0.4, 0.5) is 5.00 Å². The summed E-state index contributed by atoms with van der Waals surface area (Å²) in [6, 6.07) is 9.70. The van der Waals surface area contributed by atoms with Crippen LogP contribution in [0.3, 0.4) is 0 Å². The number of aromatic nitrogens is 3. The number of thiophene rings is 1. The maximum atomic E-state index is 12.5. The van der Waals surface area contributed by atoms with Gasteiger partial charge in [-0.25, -0.2) is 9.59 Å². The maximum Gasteiger partial charge on any atom is 0.348 e. The quantitative estimate of drug-likeness (QED) is 0.410. The van der Waals surface area contributed by atoms with Gasteiger partial charge >= 0.3 is 11.9 Å². The molecule has 0 unspecified atom stereocenters. The number of hydrogen-bond donors (Lipinski definition) is 1. The number of carbonyl (C=O) groups is 2. The third-order valence-corrected chi connectivity index (χ3v) is 6.13. The van der Waals surface area contributed by atoms with Gasteiger partial charge in [0.15, 0.2) is 5.16 Å². The van der Waals surface area contributed by atoms with Gasteiger partial charge in [0.05, 0.1) is 18.8 Å². The molecule has 158 valence electrons. The van der Waals surface area contributed by atoms with Crippen molar-refractivity contribution in [2.75, 3.05) is 18.9 Å².